The molecule has 1 atom stereocenters. The maximum Gasteiger partial charge on any atom is 0.223 e. The summed E-state index contributed by atoms with van der Waals surface area (Å²) in [6, 6.07) is 8.30. The molecule has 3 heterocycles. The van der Waals surface area contributed by atoms with E-state index in [1.807, 2.05) is 11.0 Å². The van der Waals surface area contributed by atoms with Crippen LogP contribution in [-0.4, -0.2) is 51.7 Å². The quantitative estimate of drug-likeness (QED) is 0.631. The number of carbonyl (C=O) groups excluding carboxylic acids is 1. The van der Waals surface area contributed by atoms with Crippen molar-refractivity contribution in [3.8, 4) is 0 Å². The van der Waals surface area contributed by atoms with Gasteiger partial charge in [0.15, 0.2) is 5.82 Å². The number of amides is 1. The number of nitrogens with zero attached hydrogens (tertiary/aromatic N) is 3. The molecule has 0 bridgehead atoms. The molecule has 0 radical (unpaired) electrons. The molecular weight excluding hydrogens is 368 g/mol. The van der Waals surface area contributed by atoms with Gasteiger partial charge in [0.05, 0.1) is 12.7 Å². The lowest BCUT2D eigenvalue weighted by Gasteiger charge is -2.32. The summed E-state index contributed by atoms with van der Waals surface area (Å²) in [5.74, 6) is 1.47. The fourth-order valence-electron chi connectivity index (χ4n) is 3.99. The zero-order valence-corrected chi connectivity index (χ0v) is 16.9. The van der Waals surface area contributed by atoms with Gasteiger partial charge in [-0.05, 0) is 37.3 Å². The highest BCUT2D eigenvalue weighted by atomic mass is 16.5. The first-order valence-electron chi connectivity index (χ1n) is 10.4. The topological polar surface area (TPSA) is 84.2 Å². The van der Waals surface area contributed by atoms with Gasteiger partial charge in [-0.2, -0.15) is 4.98 Å². The molecule has 1 aromatic carbocycles. The van der Waals surface area contributed by atoms with Crippen molar-refractivity contribution in [3.05, 3.63) is 47.7 Å². The number of ether oxygens (including phenoxy) is 1. The van der Waals surface area contributed by atoms with Crippen LogP contribution in [0.5, 0.6) is 0 Å². The van der Waals surface area contributed by atoms with E-state index in [0.717, 1.165) is 37.7 Å². The van der Waals surface area contributed by atoms with Crippen molar-refractivity contribution < 1.29 is 14.1 Å². The van der Waals surface area contributed by atoms with Gasteiger partial charge in [-0.25, -0.2) is 0 Å². The predicted molar refractivity (Wildman–Crippen MR) is 110 cm³/mol. The number of hydrogen-bond acceptors (Lipinski definition) is 5. The molecule has 1 amide bonds. The van der Waals surface area contributed by atoms with Crippen molar-refractivity contribution in [1.29, 1.82) is 0 Å². The van der Waals surface area contributed by atoms with Gasteiger partial charge in [-0.1, -0.05) is 23.4 Å². The van der Waals surface area contributed by atoms with Gasteiger partial charge < -0.3 is 19.1 Å². The van der Waals surface area contributed by atoms with E-state index in [4.69, 9.17) is 9.26 Å². The van der Waals surface area contributed by atoms with Crippen LogP contribution in [0.4, 0.5) is 0 Å². The van der Waals surface area contributed by atoms with E-state index in [9.17, 15) is 4.79 Å². The van der Waals surface area contributed by atoms with E-state index in [1.165, 1.54) is 10.9 Å². The van der Waals surface area contributed by atoms with E-state index < -0.39 is 0 Å². The molecule has 7 heteroatoms. The van der Waals surface area contributed by atoms with Gasteiger partial charge in [0.1, 0.15) is 0 Å². The normalized spacial score (nSPS) is 17.1. The lowest BCUT2D eigenvalue weighted by Crippen LogP contribution is -2.43. The van der Waals surface area contributed by atoms with Crippen molar-refractivity contribution in [2.24, 2.45) is 0 Å². The molecule has 29 heavy (non-hydrogen) atoms. The molecule has 1 N–H and O–H groups in total. The highest BCUT2D eigenvalue weighted by molar-refractivity contribution is 5.83. The minimum absolute atomic E-state index is 0.0920. The third-order valence-corrected chi connectivity index (χ3v) is 5.49. The van der Waals surface area contributed by atoms with Crippen LogP contribution in [0, 0.1) is 6.92 Å². The average molecular weight is 396 g/mol. The number of benzene rings is 1. The molecule has 1 saturated heterocycles. The monoisotopic (exact) mass is 396 g/mol. The first kappa shape index (κ1) is 19.6. The van der Waals surface area contributed by atoms with Gasteiger partial charge in [-0.15, -0.1) is 0 Å². The predicted octanol–water partition coefficient (Wildman–Crippen LogP) is 3.43. The van der Waals surface area contributed by atoms with E-state index in [1.54, 1.807) is 6.92 Å². The van der Waals surface area contributed by atoms with E-state index in [0.29, 0.717) is 37.7 Å². The maximum atomic E-state index is 12.7. The second kappa shape index (κ2) is 9.22. The molecule has 0 spiro atoms. The summed E-state index contributed by atoms with van der Waals surface area (Å²) in [4.78, 5) is 22.1. The molecule has 4 rings (SSSR count). The molecule has 7 nitrogen and oxygen atoms in total. The molecule has 1 fully saturated rings. The summed E-state index contributed by atoms with van der Waals surface area (Å²) < 4.78 is 10.9. The summed E-state index contributed by atoms with van der Waals surface area (Å²) in [6.45, 7) is 3.83. The second-order valence-electron chi connectivity index (χ2n) is 7.67. The van der Waals surface area contributed by atoms with E-state index in [2.05, 4.69) is 39.5 Å². The smallest absolute Gasteiger partial charge is 0.223 e. The highest BCUT2D eigenvalue weighted by Crippen LogP contribution is 2.20. The molecule has 1 unspecified atom stereocenters. The number of hydrogen-bond donors (Lipinski definition) is 1. The Morgan fingerprint density at radius 1 is 1.34 bits per heavy atom. The summed E-state index contributed by atoms with van der Waals surface area (Å²) >= 11 is 0. The summed E-state index contributed by atoms with van der Waals surface area (Å²) in [5.41, 5.74) is 2.44. The fourth-order valence-corrected chi connectivity index (χ4v) is 3.99. The Bertz CT molecular complexity index is 948. The number of nitrogens with one attached hydrogen (secondary N) is 1. The zero-order chi connectivity index (χ0) is 20.1. The number of aryl methyl sites for hydroxylation is 2. The fraction of sp³-hybridized carbons (Fsp3) is 0.500. The number of H-pyrrole nitrogens is 1. The number of aromatic amines is 1. The lowest BCUT2D eigenvalue weighted by molar-refractivity contribution is -0.135. The number of likely N-dealkylation sites (tertiary alicyclic amines) is 1. The number of aromatic nitrogens is 3. The highest BCUT2D eigenvalue weighted by Gasteiger charge is 2.24. The minimum atomic E-state index is 0.0920. The Morgan fingerprint density at radius 3 is 3.10 bits per heavy atom. The Hall–Kier alpha value is -2.67. The van der Waals surface area contributed by atoms with Gasteiger partial charge in [0, 0.05) is 50.0 Å². The molecule has 0 aliphatic carbocycles. The Balaban J connectivity index is 1.20. The van der Waals surface area contributed by atoms with Crippen molar-refractivity contribution >= 4 is 16.8 Å². The first-order chi connectivity index (χ1) is 14.2. The SMILES string of the molecule is Cc1nc(CCOC2CCCN(C(=O)CCCc3c[nH]c4ccccc34)C2)no1. The average Bonchev–Trinajstić information content (AvgIpc) is 3.34. The van der Waals surface area contributed by atoms with Gasteiger partial charge in [-0.3, -0.25) is 4.79 Å². The summed E-state index contributed by atoms with van der Waals surface area (Å²) in [7, 11) is 0. The number of piperidine rings is 1. The van der Waals surface area contributed by atoms with Crippen LogP contribution in [0.2, 0.25) is 0 Å². The number of rotatable bonds is 8. The molecule has 1 aliphatic heterocycles. The molecule has 2 aromatic heterocycles. The largest absolute Gasteiger partial charge is 0.376 e. The lowest BCUT2D eigenvalue weighted by atomic mass is 10.0. The minimum Gasteiger partial charge on any atom is -0.376 e. The molecule has 154 valence electrons. The van der Waals surface area contributed by atoms with E-state index in [-0.39, 0.29) is 12.0 Å². The van der Waals surface area contributed by atoms with Crippen molar-refractivity contribution in [1.82, 2.24) is 20.0 Å². The number of fused-ring (bicyclic) bond motifs is 1. The van der Waals surface area contributed by atoms with Crippen LogP contribution >= 0.6 is 0 Å². The van der Waals surface area contributed by atoms with Crippen LogP contribution in [-0.2, 0) is 22.4 Å². The number of carbonyl (C=O) groups is 1. The molecular formula is C22H28N4O3. The maximum absolute atomic E-state index is 12.7. The molecule has 1 aliphatic rings. The third-order valence-electron chi connectivity index (χ3n) is 5.49. The Kier molecular flexibility index (Phi) is 6.24. The molecule has 0 saturated carbocycles. The Morgan fingerprint density at radius 2 is 2.24 bits per heavy atom. The van der Waals surface area contributed by atoms with Crippen molar-refractivity contribution in [2.45, 2.75) is 51.6 Å². The summed E-state index contributed by atoms with van der Waals surface area (Å²) in [5, 5.41) is 5.14. The van der Waals surface area contributed by atoms with Gasteiger partial charge in [0.2, 0.25) is 11.8 Å². The number of para-hydroxylation sites is 1. The Labute approximate surface area is 170 Å². The van der Waals surface area contributed by atoms with Crippen LogP contribution in [0.25, 0.3) is 10.9 Å². The van der Waals surface area contributed by atoms with Gasteiger partial charge >= 0.3 is 0 Å². The van der Waals surface area contributed by atoms with Crippen molar-refractivity contribution in [3.63, 3.8) is 0 Å². The van der Waals surface area contributed by atoms with Crippen LogP contribution in [0.15, 0.2) is 35.0 Å². The third kappa shape index (κ3) is 5.03. The van der Waals surface area contributed by atoms with Gasteiger partial charge in [0.25, 0.3) is 0 Å². The van der Waals surface area contributed by atoms with Crippen LogP contribution in [0.1, 0.15) is 43.0 Å². The molecule has 3 aromatic rings. The standard InChI is InChI=1S/C22H28N4O3/c1-16-24-21(25-29-16)11-13-28-18-7-5-12-26(15-18)22(27)10-4-6-17-14-23-20-9-3-2-8-19(17)20/h2-3,8-9,14,18,23H,4-7,10-13,15H2,1H3. The zero-order valence-electron chi connectivity index (χ0n) is 16.9. The van der Waals surface area contributed by atoms with Crippen LogP contribution < -0.4 is 0 Å². The second-order valence-corrected chi connectivity index (χ2v) is 7.67. The summed E-state index contributed by atoms with van der Waals surface area (Å²) in [6.07, 6.45) is 7.11. The van der Waals surface area contributed by atoms with Crippen LogP contribution in [0.3, 0.4) is 0 Å². The van der Waals surface area contributed by atoms with Crippen molar-refractivity contribution in [2.75, 3.05) is 19.7 Å². The van der Waals surface area contributed by atoms with E-state index >= 15 is 0 Å². The first-order valence-corrected chi connectivity index (χ1v) is 10.4.